The Morgan fingerprint density at radius 2 is 2.40 bits per heavy atom. The molecule has 3 N–H and O–H groups in total. The quantitative estimate of drug-likeness (QED) is 0.746. The number of nitrogens with two attached hydrogens (primary N) is 1. The number of unbranched alkanes of at least 4 members (excludes halogenated alkanes) is 1. The number of nitrogens with zero attached hydrogens (tertiary/aromatic N) is 2. The van der Waals surface area contributed by atoms with Crippen molar-refractivity contribution >= 4 is 5.91 Å². The minimum Gasteiger partial charge on any atom is -0.352 e. The van der Waals surface area contributed by atoms with E-state index in [9.17, 15) is 4.79 Å². The monoisotopic (exact) mass is 212 g/mol. The molecule has 0 aliphatic heterocycles. The van der Waals surface area contributed by atoms with Crippen molar-refractivity contribution in [2.24, 2.45) is 5.73 Å². The lowest BCUT2D eigenvalue weighted by molar-refractivity contribution is 0.0950. The maximum absolute atomic E-state index is 11.1. The van der Waals surface area contributed by atoms with Gasteiger partial charge in [-0.25, -0.2) is 0 Å². The summed E-state index contributed by atoms with van der Waals surface area (Å²) in [4.78, 5) is 15.0. The molecule has 0 bridgehead atoms. The predicted molar refractivity (Wildman–Crippen MR) is 54.1 cm³/mol. The van der Waals surface area contributed by atoms with Gasteiger partial charge in [0.15, 0.2) is 0 Å². The summed E-state index contributed by atoms with van der Waals surface area (Å²) in [6.45, 7) is 2.08. The summed E-state index contributed by atoms with van der Waals surface area (Å²) in [6.07, 6.45) is 2.84. The lowest BCUT2D eigenvalue weighted by Crippen LogP contribution is -2.19. The average Bonchev–Trinajstić information content (AvgIpc) is 2.74. The van der Waals surface area contributed by atoms with Crippen molar-refractivity contribution in [1.82, 2.24) is 15.5 Å². The van der Waals surface area contributed by atoms with Crippen LogP contribution in [0.4, 0.5) is 0 Å². The number of hydrogen-bond acceptors (Lipinski definition) is 5. The second-order valence-electron chi connectivity index (χ2n) is 3.28. The predicted octanol–water partition coefficient (Wildman–Crippen LogP) is 0.619. The normalized spacial score (nSPS) is 12.5. The van der Waals surface area contributed by atoms with Gasteiger partial charge in [-0.15, -0.1) is 0 Å². The summed E-state index contributed by atoms with van der Waals surface area (Å²) in [7, 11) is 1.51. The molecular weight excluding hydrogens is 196 g/mol. The van der Waals surface area contributed by atoms with Crippen molar-refractivity contribution in [3.8, 4) is 0 Å². The van der Waals surface area contributed by atoms with Crippen LogP contribution in [0.2, 0.25) is 0 Å². The molecule has 15 heavy (non-hydrogen) atoms. The standard InChI is InChI=1S/C9H16N4O2/c1-3-4-5-6(10)9-12-7(13-15-9)8(14)11-2/h6H,3-5,10H2,1-2H3,(H,11,14)/t6-/m0/s1. The van der Waals surface area contributed by atoms with Crippen molar-refractivity contribution in [2.75, 3.05) is 7.05 Å². The molecule has 1 aromatic rings. The second kappa shape index (κ2) is 5.45. The first kappa shape index (κ1) is 11.6. The molecule has 0 radical (unpaired) electrons. The number of aromatic nitrogens is 2. The molecule has 0 aromatic carbocycles. The Morgan fingerprint density at radius 1 is 1.67 bits per heavy atom. The van der Waals surface area contributed by atoms with E-state index in [0.717, 1.165) is 19.3 Å². The molecule has 1 heterocycles. The molecule has 84 valence electrons. The topological polar surface area (TPSA) is 94.0 Å². The number of rotatable bonds is 5. The number of carbonyl (C=O) groups excluding carboxylic acids is 1. The van der Waals surface area contributed by atoms with Crippen molar-refractivity contribution in [2.45, 2.75) is 32.2 Å². The van der Waals surface area contributed by atoms with Gasteiger partial charge in [0.05, 0.1) is 6.04 Å². The van der Waals surface area contributed by atoms with E-state index in [1.165, 1.54) is 7.05 Å². The van der Waals surface area contributed by atoms with Crippen LogP contribution in [-0.4, -0.2) is 23.1 Å². The van der Waals surface area contributed by atoms with Gasteiger partial charge in [-0.2, -0.15) is 4.98 Å². The highest BCUT2D eigenvalue weighted by molar-refractivity contribution is 5.89. The third-order valence-electron chi connectivity index (χ3n) is 2.06. The van der Waals surface area contributed by atoms with Crippen LogP contribution < -0.4 is 11.1 Å². The molecule has 0 fully saturated rings. The Kier molecular flexibility index (Phi) is 4.23. The van der Waals surface area contributed by atoms with Crippen LogP contribution in [-0.2, 0) is 0 Å². The Balaban J connectivity index is 2.62. The molecule has 0 spiro atoms. The van der Waals surface area contributed by atoms with E-state index in [0.29, 0.717) is 5.89 Å². The van der Waals surface area contributed by atoms with E-state index in [1.807, 2.05) is 0 Å². The highest BCUT2D eigenvalue weighted by Gasteiger charge is 2.17. The van der Waals surface area contributed by atoms with Gasteiger partial charge >= 0.3 is 0 Å². The smallest absolute Gasteiger partial charge is 0.292 e. The minimum absolute atomic E-state index is 0.0273. The summed E-state index contributed by atoms with van der Waals surface area (Å²) < 4.78 is 4.90. The van der Waals surface area contributed by atoms with Gasteiger partial charge in [0.1, 0.15) is 0 Å². The zero-order valence-electron chi connectivity index (χ0n) is 8.99. The van der Waals surface area contributed by atoms with E-state index >= 15 is 0 Å². The average molecular weight is 212 g/mol. The van der Waals surface area contributed by atoms with E-state index < -0.39 is 0 Å². The summed E-state index contributed by atoms with van der Waals surface area (Å²) in [5, 5.41) is 5.95. The fourth-order valence-corrected chi connectivity index (χ4v) is 1.14. The maximum atomic E-state index is 11.1. The van der Waals surface area contributed by atoms with Crippen molar-refractivity contribution in [1.29, 1.82) is 0 Å². The van der Waals surface area contributed by atoms with Gasteiger partial charge < -0.3 is 15.6 Å². The van der Waals surface area contributed by atoms with Crippen LogP contribution in [0, 0.1) is 0 Å². The van der Waals surface area contributed by atoms with E-state index in [2.05, 4.69) is 22.4 Å². The van der Waals surface area contributed by atoms with Gasteiger partial charge in [-0.1, -0.05) is 24.9 Å². The lowest BCUT2D eigenvalue weighted by Gasteiger charge is -2.03. The summed E-state index contributed by atoms with van der Waals surface area (Å²) >= 11 is 0. The molecule has 0 aliphatic carbocycles. The molecule has 0 saturated carbocycles. The third-order valence-corrected chi connectivity index (χ3v) is 2.06. The first-order valence-electron chi connectivity index (χ1n) is 5.00. The first-order valence-corrected chi connectivity index (χ1v) is 5.00. The zero-order valence-corrected chi connectivity index (χ0v) is 8.99. The third kappa shape index (κ3) is 3.02. The van der Waals surface area contributed by atoms with Crippen molar-refractivity contribution in [3.05, 3.63) is 11.7 Å². The SMILES string of the molecule is CCCC[C@H](N)c1nc(C(=O)NC)no1. The molecule has 6 heteroatoms. The van der Waals surface area contributed by atoms with Crippen LogP contribution in [0.1, 0.15) is 48.7 Å². The van der Waals surface area contributed by atoms with Gasteiger partial charge in [-0.3, -0.25) is 4.79 Å². The Labute approximate surface area is 88.2 Å². The highest BCUT2D eigenvalue weighted by atomic mass is 16.5. The van der Waals surface area contributed by atoms with Gasteiger partial charge in [0, 0.05) is 7.05 Å². The van der Waals surface area contributed by atoms with Crippen LogP contribution in [0.25, 0.3) is 0 Å². The van der Waals surface area contributed by atoms with Gasteiger partial charge in [-0.05, 0) is 6.42 Å². The van der Waals surface area contributed by atoms with Crippen molar-refractivity contribution < 1.29 is 9.32 Å². The molecular formula is C9H16N4O2. The molecule has 0 unspecified atom stereocenters. The molecule has 1 atom stereocenters. The molecule has 1 rings (SSSR count). The Morgan fingerprint density at radius 3 is 3.00 bits per heavy atom. The number of amides is 1. The van der Waals surface area contributed by atoms with E-state index in [1.54, 1.807) is 0 Å². The fraction of sp³-hybridized carbons (Fsp3) is 0.667. The summed E-state index contributed by atoms with van der Waals surface area (Å²) in [5.74, 6) is -0.0193. The van der Waals surface area contributed by atoms with Gasteiger partial charge in [0.25, 0.3) is 11.7 Å². The van der Waals surface area contributed by atoms with Crippen LogP contribution in [0.3, 0.4) is 0 Å². The maximum Gasteiger partial charge on any atom is 0.292 e. The van der Waals surface area contributed by atoms with Gasteiger partial charge in [0.2, 0.25) is 5.89 Å². The first-order chi connectivity index (χ1) is 7.19. The Hall–Kier alpha value is -1.43. The van der Waals surface area contributed by atoms with E-state index in [-0.39, 0.29) is 17.8 Å². The zero-order chi connectivity index (χ0) is 11.3. The van der Waals surface area contributed by atoms with Crippen LogP contribution in [0.15, 0.2) is 4.52 Å². The molecule has 1 amide bonds. The Bertz CT molecular complexity index is 324. The molecule has 0 saturated heterocycles. The molecule has 0 aliphatic rings. The largest absolute Gasteiger partial charge is 0.352 e. The minimum atomic E-state index is -0.368. The molecule has 1 aromatic heterocycles. The highest BCUT2D eigenvalue weighted by Crippen LogP contribution is 2.14. The fourth-order valence-electron chi connectivity index (χ4n) is 1.14. The summed E-state index contributed by atoms with van der Waals surface area (Å²) in [5.41, 5.74) is 5.81. The lowest BCUT2D eigenvalue weighted by atomic mass is 10.1. The molecule has 6 nitrogen and oxygen atoms in total. The second-order valence-corrected chi connectivity index (χ2v) is 3.28. The van der Waals surface area contributed by atoms with Crippen molar-refractivity contribution in [3.63, 3.8) is 0 Å². The number of hydrogen-bond donors (Lipinski definition) is 2. The number of nitrogens with one attached hydrogen (secondary N) is 1. The number of carbonyl (C=O) groups is 1. The van der Waals surface area contributed by atoms with E-state index in [4.69, 9.17) is 10.3 Å². The summed E-state index contributed by atoms with van der Waals surface area (Å²) in [6, 6.07) is -0.282. The van der Waals surface area contributed by atoms with Crippen LogP contribution in [0.5, 0.6) is 0 Å². The van der Waals surface area contributed by atoms with Crippen LogP contribution >= 0.6 is 0 Å².